The van der Waals surface area contributed by atoms with Crippen molar-refractivity contribution >= 4 is 21.9 Å². The second-order valence-corrected chi connectivity index (χ2v) is 7.98. The molecule has 0 spiro atoms. The smallest absolute Gasteiger partial charge is 0.329 e. The minimum atomic E-state index is -0.509. The summed E-state index contributed by atoms with van der Waals surface area (Å²) in [6.45, 7) is 0. The maximum Gasteiger partial charge on any atom is 0.329 e. The predicted molar refractivity (Wildman–Crippen MR) is 114 cm³/mol. The summed E-state index contributed by atoms with van der Waals surface area (Å²) in [7, 11) is 3.53. The van der Waals surface area contributed by atoms with Gasteiger partial charge in [0.1, 0.15) is 0 Å². The number of ether oxygens (including phenoxy) is 1. The fourth-order valence-electron chi connectivity index (χ4n) is 4.66. The van der Waals surface area contributed by atoms with Gasteiger partial charge in [0.2, 0.25) is 5.95 Å². The first-order valence-corrected chi connectivity index (χ1v) is 10.2. The lowest BCUT2D eigenvalue weighted by molar-refractivity contribution is 0.0531. The standard InChI is InChI=1S/C23H23FN4O2/c1-27-20-13-25-19-8-6-14(15-7-9-21(24)26-12-15)10-18(19)22(20)28(23(27)29)16-4-3-5-17(11-16)30-2/h6-10,12-13,16-17H,3-5,11H2,1-2H3/t16-,17-/m1/s1. The fourth-order valence-corrected chi connectivity index (χ4v) is 4.66. The summed E-state index contributed by atoms with van der Waals surface area (Å²) in [5, 5.41) is 0.909. The molecule has 0 saturated heterocycles. The van der Waals surface area contributed by atoms with Gasteiger partial charge in [-0.15, -0.1) is 0 Å². The van der Waals surface area contributed by atoms with E-state index in [1.54, 1.807) is 31.0 Å². The van der Waals surface area contributed by atoms with Crippen molar-refractivity contribution in [3.05, 3.63) is 59.2 Å². The number of hydrogen-bond acceptors (Lipinski definition) is 4. The van der Waals surface area contributed by atoms with Crippen LogP contribution in [0, 0.1) is 5.95 Å². The summed E-state index contributed by atoms with van der Waals surface area (Å²) in [6, 6.07) is 9.05. The lowest BCUT2D eigenvalue weighted by Crippen LogP contribution is -2.31. The molecule has 3 aromatic heterocycles. The van der Waals surface area contributed by atoms with Gasteiger partial charge in [0, 0.05) is 37.3 Å². The maximum absolute atomic E-state index is 13.3. The van der Waals surface area contributed by atoms with Crippen LogP contribution >= 0.6 is 0 Å². The van der Waals surface area contributed by atoms with Gasteiger partial charge in [-0.25, -0.2) is 9.78 Å². The number of aryl methyl sites for hydroxylation is 1. The summed E-state index contributed by atoms with van der Waals surface area (Å²) in [4.78, 5) is 21.6. The third kappa shape index (κ3) is 3.01. The van der Waals surface area contributed by atoms with Crippen LogP contribution in [0.4, 0.5) is 4.39 Å². The average Bonchev–Trinajstić information content (AvgIpc) is 3.04. The van der Waals surface area contributed by atoms with Gasteiger partial charge in [0.05, 0.1) is 28.9 Å². The van der Waals surface area contributed by atoms with E-state index in [0.29, 0.717) is 0 Å². The Bertz CT molecular complexity index is 1290. The predicted octanol–water partition coefficient (Wildman–Crippen LogP) is 4.22. The van der Waals surface area contributed by atoms with E-state index in [1.165, 1.54) is 12.3 Å². The molecule has 2 atom stereocenters. The molecule has 0 bridgehead atoms. The lowest BCUT2D eigenvalue weighted by Gasteiger charge is -2.29. The number of aromatic nitrogens is 4. The molecule has 1 aliphatic rings. The first-order valence-electron chi connectivity index (χ1n) is 10.2. The highest BCUT2D eigenvalue weighted by Gasteiger charge is 2.27. The van der Waals surface area contributed by atoms with Crippen LogP contribution in [0.1, 0.15) is 31.7 Å². The molecule has 1 aliphatic carbocycles. The average molecular weight is 406 g/mol. The molecule has 0 aliphatic heterocycles. The first kappa shape index (κ1) is 18.9. The number of benzene rings is 1. The highest BCUT2D eigenvalue weighted by atomic mass is 19.1. The molecule has 6 nitrogen and oxygen atoms in total. The summed E-state index contributed by atoms with van der Waals surface area (Å²) in [5.74, 6) is -0.509. The lowest BCUT2D eigenvalue weighted by atomic mass is 9.92. The van der Waals surface area contributed by atoms with Crippen molar-refractivity contribution in [2.75, 3.05) is 7.11 Å². The van der Waals surface area contributed by atoms with E-state index < -0.39 is 5.95 Å². The van der Waals surface area contributed by atoms with Crippen LogP contribution in [0.3, 0.4) is 0 Å². The van der Waals surface area contributed by atoms with E-state index in [1.807, 2.05) is 22.8 Å². The van der Waals surface area contributed by atoms with Crippen LogP contribution in [0.25, 0.3) is 33.1 Å². The monoisotopic (exact) mass is 406 g/mol. The van der Waals surface area contributed by atoms with Crippen molar-refractivity contribution in [3.63, 3.8) is 0 Å². The maximum atomic E-state index is 13.3. The normalized spacial score (nSPS) is 19.6. The molecule has 1 aromatic carbocycles. The topological polar surface area (TPSA) is 61.9 Å². The molecule has 0 unspecified atom stereocenters. The first-order chi connectivity index (χ1) is 14.6. The van der Waals surface area contributed by atoms with Crippen molar-refractivity contribution in [2.24, 2.45) is 7.05 Å². The summed E-state index contributed by atoms with van der Waals surface area (Å²) in [5.41, 5.74) is 4.21. The second kappa shape index (κ2) is 7.32. The molecule has 30 heavy (non-hydrogen) atoms. The van der Waals surface area contributed by atoms with Crippen molar-refractivity contribution in [1.29, 1.82) is 0 Å². The van der Waals surface area contributed by atoms with Crippen LogP contribution in [0.5, 0.6) is 0 Å². The number of halogens is 1. The summed E-state index contributed by atoms with van der Waals surface area (Å²) >= 11 is 0. The molecule has 0 radical (unpaired) electrons. The van der Waals surface area contributed by atoms with E-state index in [-0.39, 0.29) is 17.8 Å². The van der Waals surface area contributed by atoms with Crippen molar-refractivity contribution in [3.8, 4) is 11.1 Å². The number of methoxy groups -OCH3 is 1. The minimum absolute atomic E-state index is 0.0325. The van der Waals surface area contributed by atoms with Crippen molar-refractivity contribution in [1.82, 2.24) is 19.1 Å². The Morgan fingerprint density at radius 1 is 1.10 bits per heavy atom. The molecule has 1 fully saturated rings. The molecular weight excluding hydrogens is 383 g/mol. The van der Waals surface area contributed by atoms with Crippen LogP contribution in [0.2, 0.25) is 0 Å². The quantitative estimate of drug-likeness (QED) is 0.478. The zero-order valence-electron chi connectivity index (χ0n) is 17.0. The number of rotatable bonds is 3. The van der Waals surface area contributed by atoms with Gasteiger partial charge < -0.3 is 4.74 Å². The number of imidazole rings is 1. The number of hydrogen-bond donors (Lipinski definition) is 0. The number of pyridine rings is 2. The summed E-state index contributed by atoms with van der Waals surface area (Å²) in [6.07, 6.45) is 7.28. The Balaban J connectivity index is 1.75. The Hall–Kier alpha value is -3.06. The Morgan fingerprint density at radius 2 is 1.93 bits per heavy atom. The van der Waals surface area contributed by atoms with Gasteiger partial charge in [-0.3, -0.25) is 14.1 Å². The van der Waals surface area contributed by atoms with Crippen molar-refractivity contribution < 1.29 is 9.13 Å². The van der Waals surface area contributed by atoms with Gasteiger partial charge in [0.25, 0.3) is 0 Å². The van der Waals surface area contributed by atoms with Crippen LogP contribution < -0.4 is 5.69 Å². The van der Waals surface area contributed by atoms with Gasteiger partial charge in [0.15, 0.2) is 0 Å². The van der Waals surface area contributed by atoms with E-state index in [4.69, 9.17) is 4.74 Å². The highest BCUT2D eigenvalue weighted by molar-refractivity contribution is 6.04. The molecule has 0 amide bonds. The zero-order valence-corrected chi connectivity index (χ0v) is 17.0. The Morgan fingerprint density at radius 3 is 2.70 bits per heavy atom. The zero-order chi connectivity index (χ0) is 20.8. The van der Waals surface area contributed by atoms with Gasteiger partial charge >= 0.3 is 5.69 Å². The number of nitrogens with zero attached hydrogens (tertiary/aromatic N) is 4. The minimum Gasteiger partial charge on any atom is -0.381 e. The molecule has 154 valence electrons. The molecular formula is C23H23FN4O2. The Kier molecular flexibility index (Phi) is 4.62. The van der Waals surface area contributed by atoms with Gasteiger partial charge in [-0.1, -0.05) is 6.07 Å². The van der Waals surface area contributed by atoms with Crippen LogP contribution in [-0.2, 0) is 11.8 Å². The van der Waals surface area contributed by atoms with Crippen LogP contribution in [-0.4, -0.2) is 32.3 Å². The third-order valence-electron chi connectivity index (χ3n) is 6.27. The van der Waals surface area contributed by atoms with E-state index in [0.717, 1.165) is 58.7 Å². The summed E-state index contributed by atoms with van der Waals surface area (Å²) < 4.78 is 22.5. The number of fused-ring (bicyclic) bond motifs is 3. The van der Waals surface area contributed by atoms with Gasteiger partial charge in [-0.2, -0.15) is 4.39 Å². The van der Waals surface area contributed by atoms with E-state index in [9.17, 15) is 9.18 Å². The second-order valence-electron chi connectivity index (χ2n) is 7.98. The van der Waals surface area contributed by atoms with Crippen LogP contribution in [0.15, 0.2) is 47.5 Å². The molecule has 5 rings (SSSR count). The molecule has 0 N–H and O–H groups in total. The fraction of sp³-hybridized carbons (Fsp3) is 0.348. The SMILES string of the molecule is CO[C@@H]1CCC[C@@H](n2c(=O)n(C)c3cnc4ccc(-c5ccc(F)nc5)cc4c32)C1. The van der Waals surface area contributed by atoms with Gasteiger partial charge in [-0.05, 0) is 55.5 Å². The van der Waals surface area contributed by atoms with E-state index >= 15 is 0 Å². The highest BCUT2D eigenvalue weighted by Crippen LogP contribution is 2.34. The van der Waals surface area contributed by atoms with E-state index in [2.05, 4.69) is 9.97 Å². The molecule has 4 aromatic rings. The third-order valence-corrected chi connectivity index (χ3v) is 6.27. The molecule has 1 saturated carbocycles. The molecule has 3 heterocycles. The largest absolute Gasteiger partial charge is 0.381 e. The molecule has 7 heteroatoms. The van der Waals surface area contributed by atoms with Crippen molar-refractivity contribution in [2.45, 2.75) is 37.8 Å². The Labute approximate surface area is 172 Å².